The molecule has 0 bridgehead atoms. The molecule has 0 unspecified atom stereocenters. The highest BCUT2D eigenvalue weighted by Gasteiger charge is 2.34. The fourth-order valence-electron chi connectivity index (χ4n) is 2.78. The summed E-state index contributed by atoms with van der Waals surface area (Å²) in [7, 11) is 0. The third-order valence-corrected chi connectivity index (χ3v) is 4.40. The second-order valence-corrected chi connectivity index (χ2v) is 6.17. The number of pyridine rings is 1. The molecule has 1 atom stereocenters. The molecule has 23 heavy (non-hydrogen) atoms. The van der Waals surface area contributed by atoms with Crippen LogP contribution >= 0.6 is 0 Å². The van der Waals surface area contributed by atoms with Crippen LogP contribution in [0.4, 0.5) is 4.79 Å². The van der Waals surface area contributed by atoms with Crippen LogP contribution in [0.15, 0.2) is 54.7 Å². The lowest BCUT2D eigenvalue weighted by atomic mass is 10.1. The zero-order valence-electron chi connectivity index (χ0n) is 13.5. The van der Waals surface area contributed by atoms with Crippen molar-refractivity contribution in [2.45, 2.75) is 38.9 Å². The molecule has 0 radical (unpaired) electrons. The average Bonchev–Trinajstić information content (AvgIpc) is 3.44. The van der Waals surface area contributed by atoms with E-state index < -0.39 is 0 Å². The van der Waals surface area contributed by atoms with E-state index in [1.54, 1.807) is 6.20 Å². The Bertz CT molecular complexity index is 626. The first kappa shape index (κ1) is 15.5. The first-order chi connectivity index (χ1) is 11.2. The van der Waals surface area contributed by atoms with Crippen LogP contribution in [0.5, 0.6) is 0 Å². The van der Waals surface area contributed by atoms with Crippen molar-refractivity contribution in [2.75, 3.05) is 0 Å². The van der Waals surface area contributed by atoms with Gasteiger partial charge in [-0.3, -0.25) is 4.98 Å². The number of benzene rings is 1. The molecule has 1 aromatic heterocycles. The summed E-state index contributed by atoms with van der Waals surface area (Å²) >= 11 is 0. The average molecular weight is 309 g/mol. The first-order valence-corrected chi connectivity index (χ1v) is 8.22. The fraction of sp³-hybridized carbons (Fsp3) is 0.368. The van der Waals surface area contributed by atoms with Gasteiger partial charge in [0.25, 0.3) is 0 Å². The number of urea groups is 1. The Kier molecular flexibility index (Phi) is 4.91. The Morgan fingerprint density at radius 2 is 1.96 bits per heavy atom. The molecule has 0 spiro atoms. The van der Waals surface area contributed by atoms with Crippen LogP contribution < -0.4 is 5.32 Å². The minimum Gasteiger partial charge on any atom is -0.332 e. The summed E-state index contributed by atoms with van der Waals surface area (Å²) in [5.41, 5.74) is 2.03. The number of rotatable bonds is 6. The minimum atomic E-state index is -0.0149. The van der Waals surface area contributed by atoms with Gasteiger partial charge >= 0.3 is 6.03 Å². The summed E-state index contributed by atoms with van der Waals surface area (Å²) in [5.74, 6) is 0.638. The van der Waals surface area contributed by atoms with Crippen LogP contribution in [0.1, 0.15) is 31.0 Å². The van der Waals surface area contributed by atoms with E-state index in [0.717, 1.165) is 11.3 Å². The number of aromatic nitrogens is 1. The lowest BCUT2D eigenvalue weighted by Gasteiger charge is -2.29. The van der Waals surface area contributed by atoms with Gasteiger partial charge in [-0.25, -0.2) is 4.79 Å². The van der Waals surface area contributed by atoms with E-state index in [9.17, 15) is 4.79 Å². The van der Waals surface area contributed by atoms with Gasteiger partial charge < -0.3 is 10.2 Å². The number of hydrogen-bond donors (Lipinski definition) is 1. The third-order valence-electron chi connectivity index (χ3n) is 4.40. The van der Waals surface area contributed by atoms with Crippen LogP contribution in [-0.4, -0.2) is 22.0 Å². The molecule has 1 saturated carbocycles. The third kappa shape index (κ3) is 4.31. The predicted molar refractivity (Wildman–Crippen MR) is 90.6 cm³/mol. The first-order valence-electron chi connectivity index (χ1n) is 8.22. The zero-order chi connectivity index (χ0) is 16.1. The van der Waals surface area contributed by atoms with Crippen LogP contribution in [0, 0.1) is 5.92 Å². The molecule has 1 aliphatic carbocycles. The number of nitrogens with zero attached hydrogens (tertiary/aromatic N) is 2. The maximum Gasteiger partial charge on any atom is 0.318 e. The van der Waals surface area contributed by atoms with Gasteiger partial charge in [-0.15, -0.1) is 0 Å². The summed E-state index contributed by atoms with van der Waals surface area (Å²) < 4.78 is 0. The van der Waals surface area contributed by atoms with Crippen molar-refractivity contribution in [2.24, 2.45) is 5.92 Å². The van der Waals surface area contributed by atoms with Crippen molar-refractivity contribution in [1.29, 1.82) is 0 Å². The summed E-state index contributed by atoms with van der Waals surface area (Å²) in [4.78, 5) is 18.9. The number of carbonyl (C=O) groups excluding carboxylic acids is 1. The summed E-state index contributed by atoms with van der Waals surface area (Å²) in [6.45, 7) is 3.26. The summed E-state index contributed by atoms with van der Waals surface area (Å²) in [6.07, 6.45) is 4.19. The van der Waals surface area contributed by atoms with Crippen molar-refractivity contribution >= 4 is 6.03 Å². The van der Waals surface area contributed by atoms with E-state index in [2.05, 4.69) is 29.4 Å². The van der Waals surface area contributed by atoms with Crippen LogP contribution in [-0.2, 0) is 13.1 Å². The second kappa shape index (κ2) is 7.27. The Labute approximate surface area is 137 Å². The predicted octanol–water partition coefficient (Wildman–Crippen LogP) is 3.59. The maximum absolute atomic E-state index is 12.7. The Balaban J connectivity index is 1.65. The van der Waals surface area contributed by atoms with Gasteiger partial charge in [0.15, 0.2) is 0 Å². The van der Waals surface area contributed by atoms with E-state index in [0.29, 0.717) is 19.0 Å². The molecular weight excluding hydrogens is 286 g/mol. The molecule has 1 fully saturated rings. The number of nitrogens with one attached hydrogen (secondary N) is 1. The molecule has 0 aliphatic heterocycles. The summed E-state index contributed by atoms with van der Waals surface area (Å²) in [5, 5.41) is 3.01. The van der Waals surface area contributed by atoms with Gasteiger partial charge in [0.05, 0.1) is 12.2 Å². The molecule has 1 aromatic carbocycles. The fourth-order valence-corrected chi connectivity index (χ4v) is 2.78. The lowest BCUT2D eigenvalue weighted by Crippen LogP contribution is -2.45. The highest BCUT2D eigenvalue weighted by molar-refractivity contribution is 5.74. The van der Waals surface area contributed by atoms with Crippen LogP contribution in [0.3, 0.4) is 0 Å². The van der Waals surface area contributed by atoms with Crippen LogP contribution in [0.25, 0.3) is 0 Å². The van der Waals surface area contributed by atoms with E-state index >= 15 is 0 Å². The van der Waals surface area contributed by atoms with Crippen molar-refractivity contribution in [3.63, 3.8) is 0 Å². The smallest absolute Gasteiger partial charge is 0.318 e. The minimum absolute atomic E-state index is 0.0149. The Hall–Kier alpha value is -2.36. The van der Waals surface area contributed by atoms with Crippen molar-refractivity contribution < 1.29 is 4.79 Å². The number of carbonyl (C=O) groups is 1. The van der Waals surface area contributed by atoms with Gasteiger partial charge in [-0.2, -0.15) is 0 Å². The SMILES string of the molecule is C[C@@H](C1CC1)N(Cc1ccccc1)C(=O)NCc1ccccn1. The van der Waals surface area contributed by atoms with E-state index in [-0.39, 0.29) is 12.1 Å². The molecule has 0 saturated heterocycles. The molecule has 120 valence electrons. The highest BCUT2D eigenvalue weighted by Crippen LogP contribution is 2.35. The monoisotopic (exact) mass is 309 g/mol. The summed E-state index contributed by atoms with van der Waals surface area (Å²) in [6, 6.07) is 16.1. The van der Waals surface area contributed by atoms with Gasteiger partial charge in [-0.05, 0) is 43.4 Å². The van der Waals surface area contributed by atoms with Crippen molar-refractivity contribution in [1.82, 2.24) is 15.2 Å². The normalized spacial score (nSPS) is 15.0. The van der Waals surface area contributed by atoms with Gasteiger partial charge in [0.2, 0.25) is 0 Å². The topological polar surface area (TPSA) is 45.2 Å². The Morgan fingerprint density at radius 1 is 1.22 bits per heavy atom. The molecule has 1 N–H and O–H groups in total. The zero-order valence-corrected chi connectivity index (χ0v) is 13.5. The molecule has 2 aromatic rings. The van der Waals surface area contributed by atoms with E-state index in [1.807, 2.05) is 41.3 Å². The molecule has 4 heteroatoms. The molecule has 4 nitrogen and oxygen atoms in total. The van der Waals surface area contributed by atoms with Crippen LogP contribution in [0.2, 0.25) is 0 Å². The second-order valence-electron chi connectivity index (χ2n) is 6.17. The van der Waals surface area contributed by atoms with E-state index in [4.69, 9.17) is 0 Å². The molecule has 3 rings (SSSR count). The van der Waals surface area contributed by atoms with Crippen molar-refractivity contribution in [3.8, 4) is 0 Å². The largest absolute Gasteiger partial charge is 0.332 e. The maximum atomic E-state index is 12.7. The quantitative estimate of drug-likeness (QED) is 0.886. The molecule has 1 aliphatic rings. The Morgan fingerprint density at radius 3 is 2.61 bits per heavy atom. The molecular formula is C19H23N3O. The van der Waals surface area contributed by atoms with Crippen molar-refractivity contribution in [3.05, 3.63) is 66.0 Å². The van der Waals surface area contributed by atoms with E-state index in [1.165, 1.54) is 12.8 Å². The van der Waals surface area contributed by atoms with Gasteiger partial charge in [0.1, 0.15) is 0 Å². The molecule has 2 amide bonds. The highest BCUT2D eigenvalue weighted by atomic mass is 16.2. The van der Waals surface area contributed by atoms with Gasteiger partial charge in [-0.1, -0.05) is 36.4 Å². The lowest BCUT2D eigenvalue weighted by molar-refractivity contribution is 0.167. The molecule has 1 heterocycles. The van der Waals surface area contributed by atoms with Gasteiger partial charge in [0, 0.05) is 18.8 Å². The number of hydrogen-bond acceptors (Lipinski definition) is 2. The number of amides is 2. The standard InChI is InChI=1S/C19H23N3O/c1-15(17-10-11-17)22(14-16-7-3-2-4-8-16)19(23)21-13-18-9-5-6-12-20-18/h2-9,12,15,17H,10-11,13-14H2,1H3,(H,21,23)/t15-/m0/s1.